The number of hydrogen-bond donors (Lipinski definition) is 1. The van der Waals surface area contributed by atoms with Crippen LogP contribution in [-0.4, -0.2) is 15.4 Å². The van der Waals surface area contributed by atoms with Gasteiger partial charge in [-0.25, -0.2) is 0 Å². The fraction of sp³-hybridized carbons (Fsp3) is 1.00. The van der Waals surface area contributed by atoms with E-state index in [9.17, 15) is 0 Å². The third-order valence-electron chi connectivity index (χ3n) is 0.604. The van der Waals surface area contributed by atoms with Gasteiger partial charge in [-0.05, 0) is 0 Å². The van der Waals surface area contributed by atoms with E-state index in [0.717, 1.165) is 0 Å². The first-order valence-corrected chi connectivity index (χ1v) is 4.42. The zero-order valence-electron chi connectivity index (χ0n) is 3.26. The molecule has 0 amide bonds. The van der Waals surface area contributed by atoms with Gasteiger partial charge in [0.2, 0.25) is 0 Å². The third kappa shape index (κ3) is 1.28. The Morgan fingerprint density at radius 3 is 2.00 bits per heavy atom. The molecule has 0 unspecified atom stereocenters. The Morgan fingerprint density at radius 1 is 1.33 bits per heavy atom. The lowest BCUT2D eigenvalue weighted by molar-refractivity contribution is 1.59. The van der Waals surface area contributed by atoms with Crippen LogP contribution in [0, 0.1) is 0 Å². The maximum absolute atomic E-state index is 4.22. The second kappa shape index (κ2) is 2.38. The van der Waals surface area contributed by atoms with Gasteiger partial charge in [0.15, 0.2) is 0 Å². The molecule has 0 aromatic heterocycles. The standard InChI is InChI=1S/C3H6S3/c4-3-5-1-2-6-3/h3-4H,1-2H2. The molecular formula is C3H6S3. The Bertz CT molecular complexity index is 39.3. The predicted octanol–water partition coefficient (Wildman–Crippen LogP) is 1.68. The van der Waals surface area contributed by atoms with Crippen LogP contribution >= 0.6 is 36.2 Å². The van der Waals surface area contributed by atoms with Crippen molar-refractivity contribution < 1.29 is 0 Å². The van der Waals surface area contributed by atoms with Crippen LogP contribution in [0.25, 0.3) is 0 Å². The summed E-state index contributed by atoms with van der Waals surface area (Å²) in [7, 11) is 0. The lowest BCUT2D eigenvalue weighted by Gasteiger charge is -1.89. The van der Waals surface area contributed by atoms with Gasteiger partial charge in [-0.15, -0.1) is 23.5 Å². The highest BCUT2D eigenvalue weighted by molar-refractivity contribution is 8.30. The minimum Gasteiger partial charge on any atom is -0.154 e. The number of rotatable bonds is 0. The molecular weight excluding hydrogens is 132 g/mol. The molecule has 0 bridgehead atoms. The monoisotopic (exact) mass is 138 g/mol. The molecule has 0 spiro atoms. The Hall–Kier alpha value is 1.05. The molecule has 0 N–H and O–H groups in total. The third-order valence-corrected chi connectivity index (χ3v) is 4.02. The summed E-state index contributed by atoms with van der Waals surface area (Å²) in [5.41, 5.74) is 0. The summed E-state index contributed by atoms with van der Waals surface area (Å²) < 4.78 is 0.574. The fourth-order valence-electron chi connectivity index (χ4n) is 0.346. The van der Waals surface area contributed by atoms with Crippen LogP contribution in [0.4, 0.5) is 0 Å². The van der Waals surface area contributed by atoms with Crippen molar-refractivity contribution in [3.63, 3.8) is 0 Å². The Kier molecular flexibility index (Phi) is 2.06. The first-order chi connectivity index (χ1) is 2.89. The highest BCUT2D eigenvalue weighted by Gasteiger charge is 2.09. The quantitative estimate of drug-likeness (QED) is 0.506. The molecule has 1 fully saturated rings. The van der Waals surface area contributed by atoms with Gasteiger partial charge < -0.3 is 0 Å². The van der Waals surface area contributed by atoms with Gasteiger partial charge in [0.05, 0.1) is 3.91 Å². The summed E-state index contributed by atoms with van der Waals surface area (Å²) in [6.45, 7) is 0. The van der Waals surface area contributed by atoms with Crippen molar-refractivity contribution in [1.29, 1.82) is 0 Å². The van der Waals surface area contributed by atoms with Gasteiger partial charge in [0.25, 0.3) is 0 Å². The van der Waals surface area contributed by atoms with E-state index >= 15 is 0 Å². The maximum atomic E-state index is 4.22. The Morgan fingerprint density at radius 2 is 1.83 bits per heavy atom. The van der Waals surface area contributed by atoms with Crippen LogP contribution in [-0.2, 0) is 0 Å². The van der Waals surface area contributed by atoms with E-state index in [4.69, 9.17) is 0 Å². The molecule has 0 aliphatic carbocycles. The van der Waals surface area contributed by atoms with E-state index in [0.29, 0.717) is 3.91 Å². The van der Waals surface area contributed by atoms with Crippen LogP contribution in [0.3, 0.4) is 0 Å². The van der Waals surface area contributed by atoms with E-state index in [1.54, 1.807) is 0 Å². The zero-order valence-corrected chi connectivity index (χ0v) is 5.78. The molecule has 1 aliphatic heterocycles. The van der Waals surface area contributed by atoms with Crippen LogP contribution < -0.4 is 0 Å². The van der Waals surface area contributed by atoms with Gasteiger partial charge in [0, 0.05) is 11.5 Å². The van der Waals surface area contributed by atoms with E-state index in [-0.39, 0.29) is 0 Å². The molecule has 1 aliphatic rings. The normalized spacial score (nSPS) is 25.5. The topological polar surface area (TPSA) is 0 Å². The number of thioether (sulfide) groups is 2. The van der Waals surface area contributed by atoms with Crippen molar-refractivity contribution in [1.82, 2.24) is 0 Å². The lowest BCUT2D eigenvalue weighted by Crippen LogP contribution is -1.68. The second-order valence-corrected chi connectivity index (χ2v) is 4.99. The van der Waals surface area contributed by atoms with Crippen LogP contribution in [0.5, 0.6) is 0 Å². The van der Waals surface area contributed by atoms with Gasteiger partial charge in [-0.1, -0.05) is 0 Å². The largest absolute Gasteiger partial charge is 0.154 e. The lowest BCUT2D eigenvalue weighted by atomic mass is 11.0. The van der Waals surface area contributed by atoms with E-state index < -0.39 is 0 Å². The van der Waals surface area contributed by atoms with E-state index in [1.807, 2.05) is 23.5 Å². The molecule has 0 radical (unpaired) electrons. The van der Waals surface area contributed by atoms with E-state index in [1.165, 1.54) is 11.5 Å². The average Bonchev–Trinajstić information content (AvgIpc) is 1.86. The van der Waals surface area contributed by atoms with Crippen molar-refractivity contribution in [3.8, 4) is 0 Å². The maximum Gasteiger partial charge on any atom is 0.0928 e. The Balaban J connectivity index is 2.18. The average molecular weight is 138 g/mol. The minimum atomic E-state index is 0.574. The summed E-state index contributed by atoms with van der Waals surface area (Å²) >= 11 is 8.07. The second-order valence-electron chi connectivity index (χ2n) is 1.05. The van der Waals surface area contributed by atoms with Crippen LogP contribution in [0.2, 0.25) is 0 Å². The molecule has 36 valence electrons. The predicted molar refractivity (Wildman–Crippen MR) is 37.7 cm³/mol. The molecule has 0 atom stereocenters. The molecule has 0 aromatic carbocycles. The molecule has 1 heterocycles. The zero-order chi connectivity index (χ0) is 4.41. The number of hydrogen-bond acceptors (Lipinski definition) is 3. The highest BCUT2D eigenvalue weighted by Crippen LogP contribution is 2.33. The summed E-state index contributed by atoms with van der Waals surface area (Å²) in [6.07, 6.45) is 0. The van der Waals surface area contributed by atoms with Crippen LogP contribution in [0.15, 0.2) is 0 Å². The summed E-state index contributed by atoms with van der Waals surface area (Å²) in [4.78, 5) is 0. The highest BCUT2D eigenvalue weighted by atomic mass is 32.3. The van der Waals surface area contributed by atoms with Crippen LogP contribution in [0.1, 0.15) is 0 Å². The molecule has 1 saturated heterocycles. The van der Waals surface area contributed by atoms with Crippen molar-refractivity contribution in [2.45, 2.75) is 3.91 Å². The first-order valence-electron chi connectivity index (χ1n) is 1.81. The molecule has 0 aromatic rings. The molecule has 0 saturated carbocycles. The van der Waals surface area contributed by atoms with Gasteiger partial charge in [0.1, 0.15) is 0 Å². The molecule has 3 heteroatoms. The van der Waals surface area contributed by atoms with Crippen molar-refractivity contribution in [2.75, 3.05) is 11.5 Å². The SMILES string of the molecule is SC1SCCS1. The van der Waals surface area contributed by atoms with Crippen molar-refractivity contribution >= 4 is 36.2 Å². The smallest absolute Gasteiger partial charge is 0.0928 e. The summed E-state index contributed by atoms with van der Waals surface area (Å²) in [5, 5.41) is 0. The minimum absolute atomic E-state index is 0.574. The van der Waals surface area contributed by atoms with Gasteiger partial charge in [-0.3, -0.25) is 0 Å². The molecule has 6 heavy (non-hydrogen) atoms. The number of thiol groups is 1. The fourth-order valence-corrected chi connectivity index (χ4v) is 3.11. The van der Waals surface area contributed by atoms with E-state index in [2.05, 4.69) is 12.6 Å². The van der Waals surface area contributed by atoms with Gasteiger partial charge >= 0.3 is 0 Å². The van der Waals surface area contributed by atoms with Crippen molar-refractivity contribution in [3.05, 3.63) is 0 Å². The van der Waals surface area contributed by atoms with Crippen molar-refractivity contribution in [2.24, 2.45) is 0 Å². The van der Waals surface area contributed by atoms with Gasteiger partial charge in [-0.2, -0.15) is 12.6 Å². The molecule has 1 rings (SSSR count). The first kappa shape index (κ1) is 5.19. The molecule has 0 nitrogen and oxygen atoms in total. The summed E-state index contributed by atoms with van der Waals surface area (Å²) in [6, 6.07) is 0. The Labute approximate surface area is 51.9 Å². The summed E-state index contributed by atoms with van der Waals surface area (Å²) in [5.74, 6) is 2.58.